The van der Waals surface area contributed by atoms with Gasteiger partial charge in [0.2, 0.25) is 10.0 Å². The molecule has 1 heterocycles. The molecule has 0 atom stereocenters. The van der Waals surface area contributed by atoms with Crippen LogP contribution in [0, 0.1) is 11.6 Å². The summed E-state index contributed by atoms with van der Waals surface area (Å²) in [5.74, 6) is -1.35. The van der Waals surface area contributed by atoms with Gasteiger partial charge in [-0.25, -0.2) is 21.9 Å². The van der Waals surface area contributed by atoms with Crippen LogP contribution in [0.3, 0.4) is 0 Å². The minimum atomic E-state index is -3.58. The highest BCUT2D eigenvalue weighted by molar-refractivity contribution is 9.11. The maximum Gasteiger partial charge on any atom is 0.250 e. The first-order chi connectivity index (χ1) is 9.37. The lowest BCUT2D eigenvalue weighted by atomic mass is 10.1. The first-order valence-electron chi connectivity index (χ1n) is 5.57. The van der Waals surface area contributed by atoms with Gasteiger partial charge < -0.3 is 0 Å². The van der Waals surface area contributed by atoms with Crippen molar-refractivity contribution in [2.75, 3.05) is 6.54 Å². The Bertz CT molecular complexity index is 696. The van der Waals surface area contributed by atoms with E-state index < -0.39 is 21.7 Å². The average Bonchev–Trinajstić information content (AvgIpc) is 2.75. The molecular weight excluding hydrogens is 372 g/mol. The number of benzene rings is 1. The van der Waals surface area contributed by atoms with E-state index in [0.717, 1.165) is 17.4 Å². The van der Waals surface area contributed by atoms with E-state index in [2.05, 4.69) is 20.7 Å². The second-order valence-corrected chi connectivity index (χ2v) is 8.44. The Morgan fingerprint density at radius 3 is 2.35 bits per heavy atom. The van der Waals surface area contributed by atoms with Crippen LogP contribution >= 0.6 is 27.3 Å². The SMILES string of the molecule is O=S(=O)(NCCc1cc(F)cc(F)c1)c1ccc(Br)s1. The van der Waals surface area contributed by atoms with Gasteiger partial charge in [-0.05, 0) is 52.2 Å². The van der Waals surface area contributed by atoms with Crippen LogP contribution < -0.4 is 4.72 Å². The lowest BCUT2D eigenvalue weighted by Gasteiger charge is -2.05. The number of hydrogen-bond acceptors (Lipinski definition) is 3. The topological polar surface area (TPSA) is 46.2 Å². The third-order valence-corrected chi connectivity index (χ3v) is 6.02. The van der Waals surface area contributed by atoms with Gasteiger partial charge in [-0.3, -0.25) is 0 Å². The molecule has 1 aromatic carbocycles. The highest BCUT2D eigenvalue weighted by Crippen LogP contribution is 2.25. The summed E-state index contributed by atoms with van der Waals surface area (Å²) in [6.45, 7) is 0.0702. The second kappa shape index (κ2) is 6.30. The van der Waals surface area contributed by atoms with E-state index in [4.69, 9.17) is 0 Å². The van der Waals surface area contributed by atoms with Gasteiger partial charge in [0.05, 0.1) is 3.79 Å². The molecule has 0 bridgehead atoms. The Labute approximate surface area is 127 Å². The summed E-state index contributed by atoms with van der Waals surface area (Å²) in [5, 5.41) is 0. The van der Waals surface area contributed by atoms with Crippen molar-refractivity contribution in [3.63, 3.8) is 0 Å². The molecule has 0 saturated carbocycles. The van der Waals surface area contributed by atoms with Gasteiger partial charge >= 0.3 is 0 Å². The molecule has 0 unspecified atom stereocenters. The highest BCUT2D eigenvalue weighted by Gasteiger charge is 2.15. The van der Waals surface area contributed by atoms with Crippen LogP contribution in [-0.2, 0) is 16.4 Å². The summed E-state index contributed by atoms with van der Waals surface area (Å²) in [5.41, 5.74) is 0.401. The average molecular weight is 382 g/mol. The van der Waals surface area contributed by atoms with Crippen molar-refractivity contribution in [2.45, 2.75) is 10.6 Å². The van der Waals surface area contributed by atoms with Crippen molar-refractivity contribution in [1.82, 2.24) is 4.72 Å². The molecule has 1 N–H and O–H groups in total. The normalized spacial score (nSPS) is 11.8. The molecule has 0 aliphatic rings. The van der Waals surface area contributed by atoms with Gasteiger partial charge in [0.1, 0.15) is 15.8 Å². The summed E-state index contributed by atoms with van der Waals surface area (Å²) >= 11 is 4.28. The first-order valence-corrected chi connectivity index (χ1v) is 8.66. The summed E-state index contributed by atoms with van der Waals surface area (Å²) in [6, 6.07) is 6.26. The fourth-order valence-corrected chi connectivity index (χ4v) is 4.68. The van der Waals surface area contributed by atoms with E-state index in [1.165, 1.54) is 18.2 Å². The van der Waals surface area contributed by atoms with E-state index in [9.17, 15) is 17.2 Å². The van der Waals surface area contributed by atoms with Gasteiger partial charge in [-0.15, -0.1) is 11.3 Å². The molecule has 0 aliphatic carbocycles. The maximum absolute atomic E-state index is 13.0. The van der Waals surface area contributed by atoms with Crippen LogP contribution in [0.1, 0.15) is 5.56 Å². The number of hydrogen-bond donors (Lipinski definition) is 1. The molecule has 8 heteroatoms. The first kappa shape index (κ1) is 15.6. The number of thiophene rings is 1. The molecule has 2 aromatic rings. The molecule has 1 aromatic heterocycles. The van der Waals surface area contributed by atoms with E-state index in [1.807, 2.05) is 0 Å². The van der Waals surface area contributed by atoms with Crippen molar-refractivity contribution >= 4 is 37.3 Å². The standard InChI is InChI=1S/C12H10BrF2NO2S2/c13-11-1-2-12(19-11)20(17,18)16-4-3-8-5-9(14)7-10(15)6-8/h1-2,5-7,16H,3-4H2. The zero-order chi connectivity index (χ0) is 14.8. The van der Waals surface area contributed by atoms with Crippen molar-refractivity contribution < 1.29 is 17.2 Å². The molecule has 108 valence electrons. The van der Waals surface area contributed by atoms with Crippen LogP contribution in [0.5, 0.6) is 0 Å². The molecule has 0 saturated heterocycles. The largest absolute Gasteiger partial charge is 0.250 e. The number of rotatable bonds is 5. The molecule has 0 amide bonds. The quantitative estimate of drug-likeness (QED) is 0.863. The van der Waals surface area contributed by atoms with Crippen LogP contribution in [0.2, 0.25) is 0 Å². The molecular formula is C12H10BrF2NO2S2. The molecule has 0 fully saturated rings. The Balaban J connectivity index is 1.99. The Hall–Kier alpha value is -0.830. The maximum atomic E-state index is 13.0. The Morgan fingerprint density at radius 2 is 1.80 bits per heavy atom. The zero-order valence-corrected chi connectivity index (χ0v) is 13.3. The third kappa shape index (κ3) is 4.08. The summed E-state index contributed by atoms with van der Waals surface area (Å²) in [4.78, 5) is 0. The van der Waals surface area contributed by atoms with E-state index in [-0.39, 0.29) is 17.2 Å². The van der Waals surface area contributed by atoms with Gasteiger partial charge in [0, 0.05) is 12.6 Å². The van der Waals surface area contributed by atoms with Crippen LogP contribution in [-0.4, -0.2) is 15.0 Å². The fraction of sp³-hybridized carbons (Fsp3) is 0.167. The molecule has 0 radical (unpaired) electrons. The minimum absolute atomic E-state index is 0.0702. The van der Waals surface area contributed by atoms with Crippen molar-refractivity contribution in [1.29, 1.82) is 0 Å². The second-order valence-electron chi connectivity index (χ2n) is 3.98. The lowest BCUT2D eigenvalue weighted by Crippen LogP contribution is -2.25. The predicted octanol–water partition coefficient (Wildman–Crippen LogP) is 3.31. The zero-order valence-electron chi connectivity index (χ0n) is 10.1. The molecule has 2 rings (SSSR count). The fourth-order valence-electron chi connectivity index (χ4n) is 1.60. The molecule has 0 aliphatic heterocycles. The van der Waals surface area contributed by atoms with Gasteiger partial charge in [-0.2, -0.15) is 0 Å². The van der Waals surface area contributed by atoms with Crippen molar-refractivity contribution in [2.24, 2.45) is 0 Å². The highest BCUT2D eigenvalue weighted by atomic mass is 79.9. The van der Waals surface area contributed by atoms with Crippen molar-refractivity contribution in [3.05, 3.63) is 51.3 Å². The summed E-state index contributed by atoms with van der Waals surface area (Å²) < 4.78 is 53.0. The molecule has 3 nitrogen and oxygen atoms in total. The molecule has 20 heavy (non-hydrogen) atoms. The Kier molecular flexibility index (Phi) is 4.90. The Morgan fingerprint density at radius 1 is 1.15 bits per heavy atom. The van der Waals surface area contributed by atoms with Crippen molar-refractivity contribution in [3.8, 4) is 0 Å². The molecule has 0 spiro atoms. The minimum Gasteiger partial charge on any atom is -0.210 e. The summed E-state index contributed by atoms with van der Waals surface area (Å²) in [7, 11) is -3.58. The number of nitrogens with one attached hydrogen (secondary N) is 1. The van der Waals surface area contributed by atoms with E-state index >= 15 is 0 Å². The van der Waals surface area contributed by atoms with E-state index in [1.54, 1.807) is 6.07 Å². The smallest absolute Gasteiger partial charge is 0.210 e. The van der Waals surface area contributed by atoms with Gasteiger partial charge in [-0.1, -0.05) is 0 Å². The third-order valence-electron chi connectivity index (χ3n) is 2.44. The lowest BCUT2D eigenvalue weighted by molar-refractivity contribution is 0.577. The van der Waals surface area contributed by atoms with Crippen LogP contribution in [0.25, 0.3) is 0 Å². The van der Waals surface area contributed by atoms with Gasteiger partial charge in [0.25, 0.3) is 0 Å². The monoisotopic (exact) mass is 381 g/mol. The van der Waals surface area contributed by atoms with E-state index in [0.29, 0.717) is 9.35 Å². The van der Waals surface area contributed by atoms with Crippen LogP contribution in [0.15, 0.2) is 38.3 Å². The van der Waals surface area contributed by atoms with Crippen LogP contribution in [0.4, 0.5) is 8.78 Å². The predicted molar refractivity (Wildman–Crippen MR) is 77.3 cm³/mol. The van der Waals surface area contributed by atoms with Gasteiger partial charge in [0.15, 0.2) is 0 Å². The number of sulfonamides is 1. The summed E-state index contributed by atoms with van der Waals surface area (Å²) in [6.07, 6.45) is 0.209. The number of halogens is 3.